The molecular formula is C16H17N3O. The number of hydrogen-bond donors (Lipinski definition) is 2. The van der Waals surface area contributed by atoms with Gasteiger partial charge in [-0.3, -0.25) is 0 Å². The number of rotatable bonds is 3. The van der Waals surface area contributed by atoms with E-state index >= 15 is 0 Å². The van der Waals surface area contributed by atoms with Crippen LogP contribution in [-0.2, 0) is 6.54 Å². The summed E-state index contributed by atoms with van der Waals surface area (Å²) in [5.74, 6) is 0.688. The Morgan fingerprint density at radius 1 is 1.15 bits per heavy atom. The van der Waals surface area contributed by atoms with Gasteiger partial charge in [-0.25, -0.2) is 4.98 Å². The Hall–Kier alpha value is -2.49. The van der Waals surface area contributed by atoms with Crippen LogP contribution in [0.2, 0.25) is 0 Å². The third kappa shape index (κ3) is 2.45. The summed E-state index contributed by atoms with van der Waals surface area (Å²) in [4.78, 5) is 4.29. The molecule has 3 N–H and O–H groups in total. The van der Waals surface area contributed by atoms with Crippen molar-refractivity contribution in [3.05, 3.63) is 53.4 Å². The number of oxazole rings is 1. The quantitative estimate of drug-likeness (QED) is 0.711. The standard InChI is InChI=1S/C16H17N3O/c1-10-3-5-14(13(17)7-10)18-9-12-4-6-15-16(8-12)20-11(2)19-15/h3-8,18H,9,17H2,1-2H3. The summed E-state index contributed by atoms with van der Waals surface area (Å²) in [6, 6.07) is 12.0. The van der Waals surface area contributed by atoms with Gasteiger partial charge in [0.05, 0.1) is 11.4 Å². The van der Waals surface area contributed by atoms with Gasteiger partial charge in [-0.15, -0.1) is 0 Å². The molecule has 3 aromatic rings. The number of aryl methyl sites for hydroxylation is 2. The van der Waals surface area contributed by atoms with Gasteiger partial charge in [-0.2, -0.15) is 0 Å². The second kappa shape index (κ2) is 4.89. The first-order valence-corrected chi connectivity index (χ1v) is 6.58. The van der Waals surface area contributed by atoms with E-state index in [1.54, 1.807) is 0 Å². The predicted molar refractivity (Wildman–Crippen MR) is 81.7 cm³/mol. The highest BCUT2D eigenvalue weighted by Crippen LogP contribution is 2.21. The molecule has 0 aliphatic carbocycles. The van der Waals surface area contributed by atoms with Crippen molar-refractivity contribution in [2.45, 2.75) is 20.4 Å². The first-order valence-electron chi connectivity index (χ1n) is 6.58. The average molecular weight is 267 g/mol. The fourth-order valence-electron chi connectivity index (χ4n) is 2.23. The van der Waals surface area contributed by atoms with Gasteiger partial charge in [0.2, 0.25) is 0 Å². The number of aromatic nitrogens is 1. The number of benzene rings is 2. The van der Waals surface area contributed by atoms with Crippen LogP contribution in [0.3, 0.4) is 0 Å². The zero-order valence-electron chi connectivity index (χ0n) is 11.6. The smallest absolute Gasteiger partial charge is 0.192 e. The van der Waals surface area contributed by atoms with Crippen molar-refractivity contribution in [2.24, 2.45) is 0 Å². The predicted octanol–water partition coefficient (Wildman–Crippen LogP) is 3.64. The molecule has 102 valence electrons. The van der Waals surface area contributed by atoms with Gasteiger partial charge in [0.15, 0.2) is 11.5 Å². The van der Waals surface area contributed by atoms with E-state index in [2.05, 4.69) is 10.3 Å². The molecule has 0 aliphatic rings. The molecule has 4 nitrogen and oxygen atoms in total. The second-order valence-electron chi connectivity index (χ2n) is 4.98. The van der Waals surface area contributed by atoms with Gasteiger partial charge in [0, 0.05) is 13.5 Å². The minimum atomic E-state index is 0.688. The lowest BCUT2D eigenvalue weighted by atomic mass is 10.1. The molecule has 0 saturated carbocycles. The zero-order chi connectivity index (χ0) is 14.1. The number of nitrogen functional groups attached to an aromatic ring is 1. The fourth-order valence-corrected chi connectivity index (χ4v) is 2.23. The van der Waals surface area contributed by atoms with Crippen molar-refractivity contribution < 1.29 is 4.42 Å². The molecule has 0 aliphatic heterocycles. The summed E-state index contributed by atoms with van der Waals surface area (Å²) in [5, 5.41) is 3.34. The van der Waals surface area contributed by atoms with Crippen LogP contribution in [0.4, 0.5) is 11.4 Å². The minimum absolute atomic E-state index is 0.688. The molecule has 1 heterocycles. The van der Waals surface area contributed by atoms with Crippen molar-refractivity contribution in [1.82, 2.24) is 4.98 Å². The summed E-state index contributed by atoms with van der Waals surface area (Å²) in [6.45, 7) is 4.58. The molecule has 0 amide bonds. The normalized spacial score (nSPS) is 10.9. The Labute approximate surface area is 117 Å². The molecule has 3 rings (SSSR count). The number of hydrogen-bond acceptors (Lipinski definition) is 4. The Balaban J connectivity index is 1.79. The number of fused-ring (bicyclic) bond motifs is 1. The SMILES string of the molecule is Cc1ccc(NCc2ccc3nc(C)oc3c2)c(N)c1. The average Bonchev–Trinajstić information content (AvgIpc) is 2.77. The topological polar surface area (TPSA) is 64.1 Å². The third-order valence-corrected chi connectivity index (χ3v) is 3.25. The minimum Gasteiger partial charge on any atom is -0.441 e. The molecule has 0 atom stereocenters. The van der Waals surface area contributed by atoms with Crippen LogP contribution in [0.25, 0.3) is 11.1 Å². The zero-order valence-corrected chi connectivity index (χ0v) is 11.6. The molecular weight excluding hydrogens is 250 g/mol. The molecule has 4 heteroatoms. The highest BCUT2D eigenvalue weighted by atomic mass is 16.3. The summed E-state index contributed by atoms with van der Waals surface area (Å²) in [7, 11) is 0. The number of nitrogens with one attached hydrogen (secondary N) is 1. The van der Waals surface area contributed by atoms with Gasteiger partial charge in [0.25, 0.3) is 0 Å². The third-order valence-electron chi connectivity index (χ3n) is 3.25. The van der Waals surface area contributed by atoms with Crippen LogP contribution < -0.4 is 11.1 Å². The fraction of sp³-hybridized carbons (Fsp3) is 0.188. The largest absolute Gasteiger partial charge is 0.441 e. The number of anilines is 2. The Morgan fingerprint density at radius 3 is 2.80 bits per heavy atom. The lowest BCUT2D eigenvalue weighted by Crippen LogP contribution is -2.02. The van der Waals surface area contributed by atoms with Gasteiger partial charge < -0.3 is 15.5 Å². The van der Waals surface area contributed by atoms with Crippen molar-refractivity contribution >= 4 is 22.5 Å². The highest BCUT2D eigenvalue weighted by Gasteiger charge is 2.04. The molecule has 0 bridgehead atoms. The number of nitrogens with two attached hydrogens (primary N) is 1. The summed E-state index contributed by atoms with van der Waals surface area (Å²) in [6.07, 6.45) is 0. The molecule has 20 heavy (non-hydrogen) atoms. The van der Waals surface area contributed by atoms with Gasteiger partial charge >= 0.3 is 0 Å². The molecule has 0 fully saturated rings. The molecule has 0 spiro atoms. The maximum atomic E-state index is 5.99. The van der Waals surface area contributed by atoms with Crippen LogP contribution in [-0.4, -0.2) is 4.98 Å². The summed E-state index contributed by atoms with van der Waals surface area (Å²) < 4.78 is 5.54. The lowest BCUT2D eigenvalue weighted by Gasteiger charge is -2.10. The van der Waals surface area contributed by atoms with E-state index in [0.29, 0.717) is 12.4 Å². The van der Waals surface area contributed by atoms with E-state index in [0.717, 1.165) is 33.6 Å². The van der Waals surface area contributed by atoms with Gasteiger partial charge in [0.1, 0.15) is 5.52 Å². The molecule has 0 unspecified atom stereocenters. The molecule has 0 radical (unpaired) electrons. The Morgan fingerprint density at radius 2 is 2.00 bits per heavy atom. The second-order valence-corrected chi connectivity index (χ2v) is 4.98. The van der Waals surface area contributed by atoms with E-state index in [9.17, 15) is 0 Å². The van der Waals surface area contributed by atoms with Crippen LogP contribution >= 0.6 is 0 Å². The van der Waals surface area contributed by atoms with E-state index < -0.39 is 0 Å². The van der Waals surface area contributed by atoms with E-state index in [4.69, 9.17) is 10.2 Å². The van der Waals surface area contributed by atoms with E-state index in [1.165, 1.54) is 0 Å². The number of nitrogens with zero attached hydrogens (tertiary/aromatic N) is 1. The monoisotopic (exact) mass is 267 g/mol. The van der Waals surface area contributed by atoms with Crippen LogP contribution in [0.1, 0.15) is 17.0 Å². The molecule has 1 aromatic heterocycles. The maximum Gasteiger partial charge on any atom is 0.192 e. The van der Waals surface area contributed by atoms with Crippen molar-refractivity contribution in [3.8, 4) is 0 Å². The van der Waals surface area contributed by atoms with Crippen LogP contribution in [0.5, 0.6) is 0 Å². The highest BCUT2D eigenvalue weighted by molar-refractivity contribution is 5.73. The lowest BCUT2D eigenvalue weighted by molar-refractivity contribution is 0.561. The van der Waals surface area contributed by atoms with Crippen molar-refractivity contribution in [2.75, 3.05) is 11.1 Å². The van der Waals surface area contributed by atoms with Crippen molar-refractivity contribution in [1.29, 1.82) is 0 Å². The van der Waals surface area contributed by atoms with Gasteiger partial charge in [-0.1, -0.05) is 12.1 Å². The van der Waals surface area contributed by atoms with E-state index in [-0.39, 0.29) is 0 Å². The summed E-state index contributed by atoms with van der Waals surface area (Å²) >= 11 is 0. The van der Waals surface area contributed by atoms with Crippen LogP contribution in [0, 0.1) is 13.8 Å². The maximum absolute atomic E-state index is 5.99. The molecule has 2 aromatic carbocycles. The van der Waals surface area contributed by atoms with Gasteiger partial charge in [-0.05, 0) is 42.3 Å². The van der Waals surface area contributed by atoms with Crippen LogP contribution in [0.15, 0.2) is 40.8 Å². The van der Waals surface area contributed by atoms with Crippen molar-refractivity contribution in [3.63, 3.8) is 0 Å². The van der Waals surface area contributed by atoms with E-state index in [1.807, 2.05) is 50.2 Å². The first kappa shape index (κ1) is 12.5. The Kier molecular flexibility index (Phi) is 3.06. The summed E-state index contributed by atoms with van der Waals surface area (Å²) in [5.41, 5.74) is 11.7. The first-order chi connectivity index (χ1) is 9.61. The molecule has 0 saturated heterocycles. The Bertz CT molecular complexity index is 762.